The molecule has 9 aromatic carbocycles. The van der Waals surface area contributed by atoms with Gasteiger partial charge in [-0.15, -0.1) is 0 Å². The molecular formula is C52H35NO. The van der Waals surface area contributed by atoms with Crippen LogP contribution in [0.4, 0.5) is 17.1 Å². The van der Waals surface area contributed by atoms with Gasteiger partial charge in [0.25, 0.3) is 0 Å². The smallest absolute Gasteiger partial charge is 0.135 e. The molecule has 2 nitrogen and oxygen atoms in total. The second kappa shape index (κ2) is 13.4. The molecule has 54 heavy (non-hydrogen) atoms. The topological polar surface area (TPSA) is 16.4 Å². The van der Waals surface area contributed by atoms with E-state index >= 15 is 0 Å². The van der Waals surface area contributed by atoms with E-state index in [9.17, 15) is 0 Å². The Kier molecular flexibility index (Phi) is 7.85. The maximum absolute atomic E-state index is 6.11. The van der Waals surface area contributed by atoms with Crippen LogP contribution in [-0.4, -0.2) is 0 Å². The van der Waals surface area contributed by atoms with Gasteiger partial charge in [-0.3, -0.25) is 0 Å². The Bertz CT molecular complexity index is 2900. The summed E-state index contributed by atoms with van der Waals surface area (Å²) in [5.41, 5.74) is 14.6. The molecule has 254 valence electrons. The highest BCUT2D eigenvalue weighted by molar-refractivity contribution is 6.06. The third-order valence-electron chi connectivity index (χ3n) is 10.5. The maximum atomic E-state index is 6.11. The van der Waals surface area contributed by atoms with Gasteiger partial charge >= 0.3 is 0 Å². The minimum atomic E-state index is 0.907. The van der Waals surface area contributed by atoms with E-state index in [-0.39, 0.29) is 0 Å². The first kappa shape index (κ1) is 31.6. The molecule has 0 spiro atoms. The number of para-hydroxylation sites is 1. The molecule has 0 bridgehead atoms. The molecule has 0 radical (unpaired) electrons. The van der Waals surface area contributed by atoms with Gasteiger partial charge in [0.05, 0.1) is 0 Å². The van der Waals surface area contributed by atoms with Gasteiger partial charge in [0, 0.05) is 27.8 Å². The normalized spacial score (nSPS) is 11.3. The van der Waals surface area contributed by atoms with Gasteiger partial charge in [-0.25, -0.2) is 0 Å². The molecule has 0 saturated carbocycles. The summed E-state index contributed by atoms with van der Waals surface area (Å²) in [7, 11) is 0. The third-order valence-corrected chi connectivity index (χ3v) is 10.5. The Labute approximate surface area is 314 Å². The second-order valence-electron chi connectivity index (χ2n) is 13.8. The molecule has 0 fully saturated rings. The number of furan rings is 1. The van der Waals surface area contributed by atoms with Crippen LogP contribution in [0, 0.1) is 0 Å². The van der Waals surface area contributed by atoms with E-state index < -0.39 is 0 Å². The largest absolute Gasteiger partial charge is 0.456 e. The fraction of sp³-hybridized carbons (Fsp3) is 0. The molecule has 0 aliphatic rings. The van der Waals surface area contributed by atoms with E-state index in [4.69, 9.17) is 4.42 Å². The van der Waals surface area contributed by atoms with Gasteiger partial charge in [-0.1, -0.05) is 158 Å². The molecule has 2 heteroatoms. The molecule has 10 rings (SSSR count). The minimum Gasteiger partial charge on any atom is -0.456 e. The first-order valence-corrected chi connectivity index (χ1v) is 18.4. The van der Waals surface area contributed by atoms with Crippen LogP contribution in [-0.2, 0) is 0 Å². The average molecular weight is 690 g/mol. The lowest BCUT2D eigenvalue weighted by atomic mass is 9.97. The number of anilines is 3. The van der Waals surface area contributed by atoms with Crippen molar-refractivity contribution in [1.29, 1.82) is 0 Å². The lowest BCUT2D eigenvalue weighted by Gasteiger charge is -2.26. The Morgan fingerprint density at radius 3 is 1.50 bits per heavy atom. The summed E-state index contributed by atoms with van der Waals surface area (Å²) in [5.74, 6) is 0. The van der Waals surface area contributed by atoms with Crippen LogP contribution < -0.4 is 4.90 Å². The summed E-state index contributed by atoms with van der Waals surface area (Å²) in [5, 5.41) is 4.76. The lowest BCUT2D eigenvalue weighted by molar-refractivity contribution is 0.669. The van der Waals surface area contributed by atoms with Crippen molar-refractivity contribution < 1.29 is 4.42 Å². The van der Waals surface area contributed by atoms with E-state index in [0.29, 0.717) is 0 Å². The number of benzene rings is 9. The summed E-state index contributed by atoms with van der Waals surface area (Å²) in [6.45, 7) is 0. The predicted molar refractivity (Wildman–Crippen MR) is 228 cm³/mol. The molecule has 0 saturated heterocycles. The molecular weight excluding hydrogens is 655 g/mol. The van der Waals surface area contributed by atoms with Crippen LogP contribution in [0.3, 0.4) is 0 Å². The zero-order valence-corrected chi connectivity index (χ0v) is 29.6. The van der Waals surface area contributed by atoms with Crippen LogP contribution in [0.1, 0.15) is 0 Å². The van der Waals surface area contributed by atoms with Crippen molar-refractivity contribution >= 4 is 49.8 Å². The summed E-state index contributed by atoms with van der Waals surface area (Å²) >= 11 is 0. The average Bonchev–Trinajstić information content (AvgIpc) is 3.63. The fourth-order valence-corrected chi connectivity index (χ4v) is 7.73. The molecule has 1 aromatic heterocycles. The van der Waals surface area contributed by atoms with Crippen molar-refractivity contribution in [2.45, 2.75) is 0 Å². The number of nitrogens with zero attached hydrogens (tertiary/aromatic N) is 1. The number of rotatable bonds is 7. The van der Waals surface area contributed by atoms with Crippen molar-refractivity contribution in [3.63, 3.8) is 0 Å². The molecule has 1 heterocycles. The summed E-state index contributed by atoms with van der Waals surface area (Å²) in [6, 6.07) is 76.0. The highest BCUT2D eigenvalue weighted by Gasteiger charge is 2.16. The van der Waals surface area contributed by atoms with Gasteiger partial charge in [-0.2, -0.15) is 0 Å². The Balaban J connectivity index is 1.04. The van der Waals surface area contributed by atoms with E-state index in [1.165, 1.54) is 44.2 Å². The van der Waals surface area contributed by atoms with Crippen LogP contribution in [0.2, 0.25) is 0 Å². The molecule has 0 aliphatic heterocycles. The SMILES string of the molecule is c1ccc(-c2ccc(-c3ccc(N(c4ccc(-c5ccc6oc7ccccc7c6c5)cc4)c4cccc(-c5cccc6ccccc56)c4)cc3)cc2)cc1. The molecule has 0 unspecified atom stereocenters. The zero-order chi connectivity index (χ0) is 35.8. The van der Waals surface area contributed by atoms with Crippen LogP contribution in [0.5, 0.6) is 0 Å². The van der Waals surface area contributed by atoms with Gasteiger partial charge < -0.3 is 9.32 Å². The number of hydrogen-bond acceptors (Lipinski definition) is 2. The Morgan fingerprint density at radius 2 is 0.778 bits per heavy atom. The summed E-state index contributed by atoms with van der Waals surface area (Å²) in [6.07, 6.45) is 0. The minimum absolute atomic E-state index is 0.907. The number of hydrogen-bond donors (Lipinski definition) is 0. The second-order valence-corrected chi connectivity index (χ2v) is 13.8. The van der Waals surface area contributed by atoms with Crippen LogP contribution in [0.25, 0.3) is 77.2 Å². The standard InChI is InChI=1S/C52H35NO/c1-2-10-36(11-3-1)37-20-22-38(23-21-37)39-24-29-44(30-25-39)53(46-15-8-14-43(34-46)48-18-9-13-41-12-4-5-16-47(41)48)45-31-26-40(27-32-45)42-28-33-52-50(35-42)49-17-6-7-19-51(49)54-52/h1-35H. The van der Waals surface area contributed by atoms with Crippen molar-refractivity contribution in [2.75, 3.05) is 4.90 Å². The molecule has 0 N–H and O–H groups in total. The first-order chi connectivity index (χ1) is 26.7. The lowest BCUT2D eigenvalue weighted by Crippen LogP contribution is -2.10. The zero-order valence-electron chi connectivity index (χ0n) is 29.6. The molecule has 0 amide bonds. The first-order valence-electron chi connectivity index (χ1n) is 18.4. The Morgan fingerprint density at radius 1 is 0.278 bits per heavy atom. The predicted octanol–water partition coefficient (Wildman–Crippen LogP) is 14.9. The fourth-order valence-electron chi connectivity index (χ4n) is 7.73. The van der Waals surface area contributed by atoms with Gasteiger partial charge in [0.2, 0.25) is 0 Å². The van der Waals surface area contributed by atoms with E-state index in [1.807, 2.05) is 12.1 Å². The highest BCUT2D eigenvalue weighted by Crippen LogP contribution is 2.40. The molecule has 0 atom stereocenters. The van der Waals surface area contributed by atoms with E-state index in [1.54, 1.807) is 0 Å². The van der Waals surface area contributed by atoms with Crippen molar-refractivity contribution in [2.24, 2.45) is 0 Å². The molecule has 0 aliphatic carbocycles. The maximum Gasteiger partial charge on any atom is 0.135 e. The van der Waals surface area contributed by atoms with Crippen molar-refractivity contribution in [3.05, 3.63) is 212 Å². The third kappa shape index (κ3) is 5.81. The van der Waals surface area contributed by atoms with Gasteiger partial charge in [0.1, 0.15) is 11.2 Å². The molecule has 10 aromatic rings. The van der Waals surface area contributed by atoms with Gasteiger partial charge in [0.15, 0.2) is 0 Å². The van der Waals surface area contributed by atoms with Crippen molar-refractivity contribution in [3.8, 4) is 44.5 Å². The van der Waals surface area contributed by atoms with E-state index in [2.05, 4.69) is 205 Å². The number of fused-ring (bicyclic) bond motifs is 4. The highest BCUT2D eigenvalue weighted by atomic mass is 16.3. The van der Waals surface area contributed by atoms with Gasteiger partial charge in [-0.05, 0) is 110 Å². The summed E-state index contributed by atoms with van der Waals surface area (Å²) in [4.78, 5) is 2.35. The van der Waals surface area contributed by atoms with Crippen LogP contribution in [0.15, 0.2) is 217 Å². The van der Waals surface area contributed by atoms with Crippen LogP contribution >= 0.6 is 0 Å². The quantitative estimate of drug-likeness (QED) is 0.166. The van der Waals surface area contributed by atoms with Crippen molar-refractivity contribution in [1.82, 2.24) is 0 Å². The van der Waals surface area contributed by atoms with E-state index in [0.717, 1.165) is 50.1 Å². The monoisotopic (exact) mass is 689 g/mol. The Hall–Kier alpha value is -7.16. The summed E-state index contributed by atoms with van der Waals surface area (Å²) < 4.78 is 6.11.